The van der Waals surface area contributed by atoms with Crippen LogP contribution in [0.15, 0.2) is 0 Å². The van der Waals surface area contributed by atoms with Crippen LogP contribution in [0.3, 0.4) is 0 Å². The molecule has 0 fully saturated rings. The largest absolute Gasteiger partial charge is 0.481 e. The molecule has 9 heavy (non-hydrogen) atoms. The first kappa shape index (κ1) is 7.90. The predicted octanol–water partition coefficient (Wildman–Crippen LogP) is -1.28. The molecule has 0 rings (SSSR count). The second-order valence-corrected chi connectivity index (χ2v) is 1.66. The normalized spacial score (nSPS) is 12.6. The second-order valence-electron chi connectivity index (χ2n) is 1.66. The van der Waals surface area contributed by atoms with Crippen LogP contribution in [0.2, 0.25) is 0 Å². The third-order valence-electron chi connectivity index (χ3n) is 0.794. The minimum Gasteiger partial charge on any atom is -0.481 e. The molecule has 5 heteroatoms. The van der Waals surface area contributed by atoms with Gasteiger partial charge in [0.1, 0.15) is 5.84 Å². The third-order valence-corrected chi connectivity index (χ3v) is 0.794. The highest BCUT2D eigenvalue weighted by atomic mass is 16.4. The molecule has 0 aromatic rings. The molecule has 0 aliphatic rings. The van der Waals surface area contributed by atoms with Gasteiger partial charge in [0.2, 0.25) is 0 Å². The number of amidine groups is 1. The quantitative estimate of drug-likeness (QED) is 0.282. The van der Waals surface area contributed by atoms with Gasteiger partial charge in [-0.15, -0.1) is 0 Å². The standard InChI is InChI=1S/C4H9N3O2/c5-2(4(6)7)1-3(8)9/h2H,1,5H2,(H3,6,7)(H,8,9). The highest BCUT2D eigenvalue weighted by molar-refractivity contribution is 5.86. The van der Waals surface area contributed by atoms with Crippen LogP contribution in [0.1, 0.15) is 6.42 Å². The molecular weight excluding hydrogens is 122 g/mol. The lowest BCUT2D eigenvalue weighted by Gasteiger charge is -2.03. The fourth-order valence-corrected chi connectivity index (χ4v) is 0.298. The lowest BCUT2D eigenvalue weighted by atomic mass is 10.2. The Morgan fingerprint density at radius 1 is 1.78 bits per heavy atom. The topological polar surface area (TPSA) is 113 Å². The van der Waals surface area contributed by atoms with E-state index in [-0.39, 0.29) is 12.3 Å². The van der Waals surface area contributed by atoms with Crippen molar-refractivity contribution in [2.45, 2.75) is 12.5 Å². The van der Waals surface area contributed by atoms with E-state index in [4.69, 9.17) is 22.0 Å². The molecule has 0 bridgehead atoms. The van der Waals surface area contributed by atoms with Gasteiger partial charge < -0.3 is 16.6 Å². The van der Waals surface area contributed by atoms with E-state index in [1.165, 1.54) is 0 Å². The molecule has 6 N–H and O–H groups in total. The number of carbonyl (C=O) groups is 1. The number of nitrogens with one attached hydrogen (secondary N) is 1. The van der Waals surface area contributed by atoms with Gasteiger partial charge in [0.25, 0.3) is 0 Å². The fourth-order valence-electron chi connectivity index (χ4n) is 0.298. The molecule has 0 spiro atoms. The zero-order valence-corrected chi connectivity index (χ0v) is 4.79. The Bertz CT molecular complexity index is 134. The highest BCUT2D eigenvalue weighted by Crippen LogP contribution is 1.84. The second kappa shape index (κ2) is 3.03. The van der Waals surface area contributed by atoms with Crippen molar-refractivity contribution in [2.24, 2.45) is 11.5 Å². The predicted molar refractivity (Wildman–Crippen MR) is 32.1 cm³/mol. The minimum absolute atomic E-state index is 0.282. The van der Waals surface area contributed by atoms with E-state index in [0.29, 0.717) is 0 Å². The molecule has 0 radical (unpaired) electrons. The number of carboxylic acid groups (broad SMARTS) is 1. The summed E-state index contributed by atoms with van der Waals surface area (Å²) in [7, 11) is 0. The van der Waals surface area contributed by atoms with Gasteiger partial charge in [-0.2, -0.15) is 0 Å². The molecule has 0 amide bonds. The fraction of sp³-hybridized carbons (Fsp3) is 0.500. The first-order valence-electron chi connectivity index (χ1n) is 2.35. The van der Waals surface area contributed by atoms with Crippen molar-refractivity contribution >= 4 is 11.8 Å². The summed E-state index contributed by atoms with van der Waals surface area (Å²) < 4.78 is 0. The summed E-state index contributed by atoms with van der Waals surface area (Å²) in [6, 6.07) is -0.845. The van der Waals surface area contributed by atoms with E-state index in [1.807, 2.05) is 0 Å². The lowest BCUT2D eigenvalue weighted by Crippen LogP contribution is -2.37. The van der Waals surface area contributed by atoms with E-state index in [9.17, 15) is 4.79 Å². The number of hydrogen-bond acceptors (Lipinski definition) is 3. The number of aliphatic carboxylic acids is 1. The Morgan fingerprint density at radius 2 is 2.22 bits per heavy atom. The Labute approximate surface area is 52.2 Å². The molecule has 5 nitrogen and oxygen atoms in total. The summed E-state index contributed by atoms with van der Waals surface area (Å²) in [5, 5.41) is 14.8. The van der Waals surface area contributed by atoms with Gasteiger partial charge in [-0.3, -0.25) is 10.2 Å². The van der Waals surface area contributed by atoms with Crippen molar-refractivity contribution in [3.8, 4) is 0 Å². The van der Waals surface area contributed by atoms with Crippen molar-refractivity contribution in [2.75, 3.05) is 0 Å². The molecule has 0 aromatic carbocycles. The van der Waals surface area contributed by atoms with Crippen LogP contribution in [0.4, 0.5) is 0 Å². The van der Waals surface area contributed by atoms with Gasteiger partial charge >= 0.3 is 5.97 Å². The van der Waals surface area contributed by atoms with Crippen LogP contribution in [-0.2, 0) is 4.79 Å². The molecule has 0 aliphatic heterocycles. The summed E-state index contributed by atoms with van der Waals surface area (Å²) in [6.45, 7) is 0. The number of carboxylic acids is 1. The molecule has 0 heterocycles. The van der Waals surface area contributed by atoms with E-state index in [2.05, 4.69) is 0 Å². The smallest absolute Gasteiger partial charge is 0.305 e. The molecule has 0 saturated heterocycles. The van der Waals surface area contributed by atoms with Gasteiger partial charge in [-0.05, 0) is 0 Å². The Balaban J connectivity index is 3.63. The molecule has 52 valence electrons. The average Bonchev–Trinajstić information content (AvgIpc) is 1.63. The van der Waals surface area contributed by atoms with Crippen molar-refractivity contribution in [3.05, 3.63) is 0 Å². The zero-order valence-electron chi connectivity index (χ0n) is 4.79. The molecular formula is C4H9N3O2. The van der Waals surface area contributed by atoms with Crippen LogP contribution in [0.25, 0.3) is 0 Å². The van der Waals surface area contributed by atoms with Gasteiger partial charge in [-0.1, -0.05) is 0 Å². The number of hydrogen-bond donors (Lipinski definition) is 4. The van der Waals surface area contributed by atoms with Crippen molar-refractivity contribution in [1.29, 1.82) is 5.41 Å². The SMILES string of the molecule is N=C(N)C(N)CC(=O)O. The van der Waals surface area contributed by atoms with Gasteiger partial charge in [0, 0.05) is 0 Å². The molecule has 0 aromatic heterocycles. The van der Waals surface area contributed by atoms with E-state index in [1.54, 1.807) is 0 Å². The maximum absolute atomic E-state index is 9.88. The lowest BCUT2D eigenvalue weighted by molar-refractivity contribution is -0.137. The summed E-state index contributed by atoms with van der Waals surface area (Å²) in [5.74, 6) is -1.34. The monoisotopic (exact) mass is 131 g/mol. The maximum atomic E-state index is 9.88. The minimum atomic E-state index is -1.04. The summed E-state index contributed by atoms with van der Waals surface area (Å²) in [5.41, 5.74) is 9.97. The molecule has 0 aliphatic carbocycles. The Kier molecular flexibility index (Phi) is 2.66. The maximum Gasteiger partial charge on any atom is 0.305 e. The summed E-state index contributed by atoms with van der Waals surface area (Å²) >= 11 is 0. The highest BCUT2D eigenvalue weighted by Gasteiger charge is 2.09. The molecule has 1 unspecified atom stereocenters. The van der Waals surface area contributed by atoms with Crippen molar-refractivity contribution in [3.63, 3.8) is 0 Å². The van der Waals surface area contributed by atoms with Gasteiger partial charge in [0.15, 0.2) is 0 Å². The summed E-state index contributed by atoms with van der Waals surface area (Å²) in [6.07, 6.45) is -0.282. The van der Waals surface area contributed by atoms with Crippen LogP contribution in [0.5, 0.6) is 0 Å². The third kappa shape index (κ3) is 3.48. The first-order valence-corrected chi connectivity index (χ1v) is 2.35. The Hall–Kier alpha value is -1.10. The average molecular weight is 131 g/mol. The van der Waals surface area contributed by atoms with E-state index >= 15 is 0 Å². The van der Waals surface area contributed by atoms with Crippen molar-refractivity contribution < 1.29 is 9.90 Å². The zero-order chi connectivity index (χ0) is 7.44. The van der Waals surface area contributed by atoms with Gasteiger partial charge in [-0.25, -0.2) is 0 Å². The number of rotatable bonds is 3. The molecule has 0 saturated carbocycles. The van der Waals surface area contributed by atoms with Crippen LogP contribution < -0.4 is 11.5 Å². The van der Waals surface area contributed by atoms with Crippen LogP contribution in [0, 0.1) is 5.41 Å². The van der Waals surface area contributed by atoms with E-state index in [0.717, 1.165) is 0 Å². The van der Waals surface area contributed by atoms with Crippen LogP contribution >= 0.6 is 0 Å². The van der Waals surface area contributed by atoms with Gasteiger partial charge in [0.05, 0.1) is 12.5 Å². The Morgan fingerprint density at radius 3 is 2.33 bits per heavy atom. The number of nitrogens with two attached hydrogens (primary N) is 2. The summed E-state index contributed by atoms with van der Waals surface area (Å²) in [4.78, 5) is 9.88. The van der Waals surface area contributed by atoms with Crippen LogP contribution in [-0.4, -0.2) is 23.0 Å². The molecule has 1 atom stereocenters. The first-order chi connectivity index (χ1) is 4.04. The van der Waals surface area contributed by atoms with E-state index < -0.39 is 12.0 Å². The van der Waals surface area contributed by atoms with Crippen molar-refractivity contribution in [1.82, 2.24) is 0 Å².